The second kappa shape index (κ2) is 6.39. The minimum atomic E-state index is -3.29. The molecule has 4 heteroatoms. The standard InChI is InChI=1S/C16H17NO2S/c1-20(18,19)17(16-12-6-3-7-13-16)14-8-11-15-9-4-2-5-10-15/h2-13H,14H2,1H3/b11-8+. The van der Waals surface area contributed by atoms with Crippen LogP contribution < -0.4 is 4.31 Å². The van der Waals surface area contributed by atoms with Crippen molar-refractivity contribution >= 4 is 21.8 Å². The molecule has 0 saturated heterocycles. The average molecular weight is 287 g/mol. The van der Waals surface area contributed by atoms with E-state index in [4.69, 9.17) is 0 Å². The monoisotopic (exact) mass is 287 g/mol. The Hall–Kier alpha value is -2.07. The molecule has 2 rings (SSSR count). The van der Waals surface area contributed by atoms with E-state index < -0.39 is 10.0 Å². The van der Waals surface area contributed by atoms with Crippen molar-refractivity contribution in [2.45, 2.75) is 0 Å². The molecule has 20 heavy (non-hydrogen) atoms. The predicted molar refractivity (Wildman–Crippen MR) is 84.1 cm³/mol. The van der Waals surface area contributed by atoms with Gasteiger partial charge >= 0.3 is 0 Å². The van der Waals surface area contributed by atoms with Crippen molar-refractivity contribution < 1.29 is 8.42 Å². The van der Waals surface area contributed by atoms with E-state index >= 15 is 0 Å². The first kappa shape index (κ1) is 14.3. The minimum Gasteiger partial charge on any atom is -0.267 e. The van der Waals surface area contributed by atoms with Gasteiger partial charge in [-0.1, -0.05) is 60.7 Å². The molecule has 0 aliphatic carbocycles. The molecule has 3 nitrogen and oxygen atoms in total. The molecular weight excluding hydrogens is 270 g/mol. The Balaban J connectivity index is 2.17. The van der Waals surface area contributed by atoms with Gasteiger partial charge in [-0.2, -0.15) is 0 Å². The van der Waals surface area contributed by atoms with Crippen LogP contribution in [-0.2, 0) is 10.0 Å². The van der Waals surface area contributed by atoms with Crippen LogP contribution in [0.2, 0.25) is 0 Å². The summed E-state index contributed by atoms with van der Waals surface area (Å²) < 4.78 is 25.1. The predicted octanol–water partition coefficient (Wildman–Crippen LogP) is 3.17. The second-order valence-electron chi connectivity index (χ2n) is 4.44. The van der Waals surface area contributed by atoms with Gasteiger partial charge in [-0.15, -0.1) is 0 Å². The van der Waals surface area contributed by atoms with E-state index in [9.17, 15) is 8.42 Å². The van der Waals surface area contributed by atoms with Crippen molar-refractivity contribution in [3.05, 3.63) is 72.3 Å². The highest BCUT2D eigenvalue weighted by Crippen LogP contribution is 2.16. The van der Waals surface area contributed by atoms with Crippen LogP contribution in [0.5, 0.6) is 0 Å². The summed E-state index contributed by atoms with van der Waals surface area (Å²) in [6.45, 7) is 0.317. The van der Waals surface area contributed by atoms with Crippen LogP contribution in [0, 0.1) is 0 Å². The van der Waals surface area contributed by atoms with Crippen LogP contribution in [0.25, 0.3) is 6.08 Å². The first-order valence-corrected chi connectivity index (χ1v) is 8.16. The molecule has 0 bridgehead atoms. The molecule has 0 saturated carbocycles. The maximum Gasteiger partial charge on any atom is 0.232 e. The molecule has 0 unspecified atom stereocenters. The number of nitrogens with zero attached hydrogens (tertiary/aromatic N) is 1. The lowest BCUT2D eigenvalue weighted by Gasteiger charge is -2.20. The molecular formula is C16H17NO2S. The lowest BCUT2D eigenvalue weighted by Crippen LogP contribution is -2.29. The second-order valence-corrected chi connectivity index (χ2v) is 6.35. The molecule has 0 spiro atoms. The summed E-state index contributed by atoms with van der Waals surface area (Å²) in [5.74, 6) is 0. The van der Waals surface area contributed by atoms with Crippen LogP contribution >= 0.6 is 0 Å². The third-order valence-corrected chi connectivity index (χ3v) is 3.99. The van der Waals surface area contributed by atoms with Gasteiger partial charge in [-0.25, -0.2) is 8.42 Å². The number of rotatable bonds is 5. The highest BCUT2D eigenvalue weighted by atomic mass is 32.2. The zero-order valence-corrected chi connectivity index (χ0v) is 12.1. The average Bonchev–Trinajstić information content (AvgIpc) is 2.44. The summed E-state index contributed by atoms with van der Waals surface area (Å²) in [7, 11) is -3.29. The number of hydrogen-bond donors (Lipinski definition) is 0. The van der Waals surface area contributed by atoms with Gasteiger partial charge in [0.15, 0.2) is 0 Å². The van der Waals surface area contributed by atoms with E-state index in [1.165, 1.54) is 10.6 Å². The van der Waals surface area contributed by atoms with Crippen molar-refractivity contribution in [2.24, 2.45) is 0 Å². The van der Waals surface area contributed by atoms with Crippen molar-refractivity contribution in [2.75, 3.05) is 17.1 Å². The van der Waals surface area contributed by atoms with Crippen molar-refractivity contribution in [3.63, 3.8) is 0 Å². The Morgan fingerprint density at radius 3 is 2.05 bits per heavy atom. The Morgan fingerprint density at radius 2 is 1.50 bits per heavy atom. The van der Waals surface area contributed by atoms with E-state index in [0.717, 1.165) is 5.56 Å². The smallest absolute Gasteiger partial charge is 0.232 e. The molecule has 0 fully saturated rings. The third kappa shape index (κ3) is 3.96. The highest BCUT2D eigenvalue weighted by Gasteiger charge is 2.14. The van der Waals surface area contributed by atoms with E-state index in [1.807, 2.05) is 60.7 Å². The molecule has 0 aliphatic rings. The third-order valence-electron chi connectivity index (χ3n) is 2.83. The Morgan fingerprint density at radius 1 is 0.950 bits per heavy atom. The van der Waals surface area contributed by atoms with Gasteiger partial charge in [0, 0.05) is 0 Å². The van der Waals surface area contributed by atoms with E-state index in [0.29, 0.717) is 12.2 Å². The number of hydrogen-bond acceptors (Lipinski definition) is 2. The molecule has 0 heterocycles. The SMILES string of the molecule is CS(=O)(=O)N(C/C=C/c1ccccc1)c1ccccc1. The lowest BCUT2D eigenvalue weighted by atomic mass is 10.2. The molecule has 0 N–H and O–H groups in total. The number of benzene rings is 2. The van der Waals surface area contributed by atoms with Crippen LogP contribution in [0.15, 0.2) is 66.7 Å². The molecule has 104 valence electrons. The van der Waals surface area contributed by atoms with E-state index in [2.05, 4.69) is 0 Å². The summed E-state index contributed by atoms with van der Waals surface area (Å²) in [4.78, 5) is 0. The van der Waals surface area contributed by atoms with Gasteiger partial charge in [0.2, 0.25) is 10.0 Å². The largest absolute Gasteiger partial charge is 0.267 e. The topological polar surface area (TPSA) is 37.4 Å². The summed E-state index contributed by atoms with van der Waals surface area (Å²) in [6.07, 6.45) is 4.99. The first-order chi connectivity index (χ1) is 9.57. The maximum atomic E-state index is 11.9. The molecule has 2 aromatic carbocycles. The van der Waals surface area contributed by atoms with Crippen LogP contribution in [-0.4, -0.2) is 21.2 Å². The van der Waals surface area contributed by atoms with E-state index in [-0.39, 0.29) is 0 Å². The Bertz CT molecular complexity index is 664. The first-order valence-electron chi connectivity index (χ1n) is 6.32. The van der Waals surface area contributed by atoms with Gasteiger partial charge in [-0.05, 0) is 17.7 Å². The van der Waals surface area contributed by atoms with Gasteiger partial charge in [0.1, 0.15) is 0 Å². The molecule has 0 atom stereocenters. The number of anilines is 1. The fourth-order valence-electron chi connectivity index (χ4n) is 1.88. The van der Waals surface area contributed by atoms with Gasteiger partial charge in [0.25, 0.3) is 0 Å². The number of para-hydroxylation sites is 1. The quantitative estimate of drug-likeness (QED) is 0.847. The zero-order chi connectivity index (χ0) is 14.4. The molecule has 0 aliphatic heterocycles. The van der Waals surface area contributed by atoms with Crippen molar-refractivity contribution in [3.8, 4) is 0 Å². The lowest BCUT2D eigenvalue weighted by molar-refractivity contribution is 0.599. The summed E-state index contributed by atoms with van der Waals surface area (Å²) in [6, 6.07) is 18.9. The highest BCUT2D eigenvalue weighted by molar-refractivity contribution is 7.92. The summed E-state index contributed by atoms with van der Waals surface area (Å²) in [5, 5.41) is 0. The molecule has 0 aromatic heterocycles. The van der Waals surface area contributed by atoms with E-state index in [1.54, 1.807) is 12.1 Å². The van der Waals surface area contributed by atoms with Gasteiger partial charge < -0.3 is 0 Å². The molecule has 0 amide bonds. The van der Waals surface area contributed by atoms with Crippen molar-refractivity contribution in [1.29, 1.82) is 0 Å². The summed E-state index contributed by atoms with van der Waals surface area (Å²) >= 11 is 0. The Labute approximate surface area is 120 Å². The fourth-order valence-corrected chi connectivity index (χ4v) is 2.74. The van der Waals surface area contributed by atoms with Crippen molar-refractivity contribution in [1.82, 2.24) is 0 Å². The fraction of sp³-hybridized carbons (Fsp3) is 0.125. The summed E-state index contributed by atoms with van der Waals surface area (Å²) in [5.41, 5.74) is 1.72. The van der Waals surface area contributed by atoms with Crippen LogP contribution in [0.3, 0.4) is 0 Å². The number of sulfonamides is 1. The van der Waals surface area contributed by atoms with Gasteiger partial charge in [0.05, 0.1) is 18.5 Å². The zero-order valence-electron chi connectivity index (χ0n) is 11.3. The minimum absolute atomic E-state index is 0.317. The normalized spacial score (nSPS) is 11.7. The molecule has 2 aromatic rings. The van der Waals surface area contributed by atoms with Crippen LogP contribution in [0.1, 0.15) is 5.56 Å². The van der Waals surface area contributed by atoms with Crippen LogP contribution in [0.4, 0.5) is 5.69 Å². The van der Waals surface area contributed by atoms with Gasteiger partial charge in [-0.3, -0.25) is 4.31 Å². The Kier molecular flexibility index (Phi) is 4.58. The molecule has 0 radical (unpaired) electrons. The maximum absolute atomic E-state index is 11.9.